The zero-order valence-electron chi connectivity index (χ0n) is 13.4. The fraction of sp³-hybridized carbons (Fsp3) is 0.643. The summed E-state index contributed by atoms with van der Waals surface area (Å²) in [6.07, 6.45) is -3.92. The summed E-state index contributed by atoms with van der Waals surface area (Å²) in [4.78, 5) is 28.3. The molecule has 0 aromatic carbocycles. The molecule has 24 heavy (non-hydrogen) atoms. The lowest BCUT2D eigenvalue weighted by molar-refractivity contribution is -0.141. The summed E-state index contributed by atoms with van der Waals surface area (Å²) in [6.45, 7) is 3.51. The van der Waals surface area contributed by atoms with Gasteiger partial charge in [0.2, 0.25) is 5.78 Å². The van der Waals surface area contributed by atoms with E-state index in [-0.39, 0.29) is 18.1 Å². The highest BCUT2D eigenvalue weighted by molar-refractivity contribution is 8.01. The Hall–Kier alpha value is -1.22. The third-order valence-corrected chi connectivity index (χ3v) is 4.60. The normalized spacial score (nSPS) is 14.3. The summed E-state index contributed by atoms with van der Waals surface area (Å²) in [6, 6.07) is 0. The van der Waals surface area contributed by atoms with Crippen molar-refractivity contribution in [1.29, 1.82) is 0 Å². The second-order valence-corrected chi connectivity index (χ2v) is 6.71. The van der Waals surface area contributed by atoms with E-state index in [9.17, 15) is 22.8 Å². The molecule has 2 unspecified atom stereocenters. The first kappa shape index (κ1) is 20.8. The molecule has 0 aliphatic carbocycles. The van der Waals surface area contributed by atoms with Crippen LogP contribution in [0.1, 0.15) is 30.2 Å². The number of thioether (sulfide) groups is 1. The van der Waals surface area contributed by atoms with Crippen molar-refractivity contribution >= 4 is 35.1 Å². The minimum atomic E-state index is -4.55. The number of ketones is 1. The molecule has 1 aromatic rings. The van der Waals surface area contributed by atoms with Crippen molar-refractivity contribution in [3.8, 4) is 0 Å². The molecule has 1 rings (SSSR count). The van der Waals surface area contributed by atoms with E-state index in [0.29, 0.717) is 5.75 Å². The topological polar surface area (TPSA) is 61.2 Å². The van der Waals surface area contributed by atoms with Crippen molar-refractivity contribution in [2.75, 3.05) is 12.4 Å². The van der Waals surface area contributed by atoms with Crippen LogP contribution in [0.3, 0.4) is 0 Å². The van der Waals surface area contributed by atoms with E-state index in [4.69, 9.17) is 16.3 Å². The predicted octanol–water partition coefficient (Wildman–Crippen LogP) is 3.00. The number of Topliss-reactive ketones (excluding diaryl/α,β-unsaturated/α-hetero) is 1. The zero-order chi connectivity index (χ0) is 18.5. The molecule has 0 aliphatic rings. The zero-order valence-corrected chi connectivity index (χ0v) is 15.0. The van der Waals surface area contributed by atoms with E-state index >= 15 is 0 Å². The molecular formula is C14H18ClF3N2O3S. The van der Waals surface area contributed by atoms with Crippen molar-refractivity contribution < 1.29 is 27.5 Å². The molecule has 10 heteroatoms. The Balaban J connectivity index is 3.01. The Bertz CT molecular complexity index is 592. The number of aromatic nitrogens is 2. The molecule has 2 atom stereocenters. The molecule has 5 nitrogen and oxygen atoms in total. The van der Waals surface area contributed by atoms with Crippen molar-refractivity contribution in [3.05, 3.63) is 17.7 Å². The van der Waals surface area contributed by atoms with Gasteiger partial charge in [-0.05, 0) is 12.7 Å². The van der Waals surface area contributed by atoms with Gasteiger partial charge in [0.1, 0.15) is 5.38 Å². The molecule has 136 valence electrons. The molecule has 0 saturated carbocycles. The quantitative estimate of drug-likeness (QED) is 0.297. The molecule has 0 radical (unpaired) electrons. The highest BCUT2D eigenvalue weighted by atomic mass is 35.5. The molecule has 0 amide bonds. The number of hydrogen-bond acceptors (Lipinski definition) is 5. The minimum Gasteiger partial charge on any atom is -0.465 e. The number of ether oxygens (including phenoxy) is 1. The Kier molecular flexibility index (Phi) is 7.59. The monoisotopic (exact) mass is 386 g/mol. The maximum atomic E-state index is 12.6. The van der Waals surface area contributed by atoms with Crippen LogP contribution in [0.25, 0.3) is 0 Å². The first-order valence-electron chi connectivity index (χ1n) is 7.17. The van der Waals surface area contributed by atoms with Crippen LogP contribution >= 0.6 is 23.4 Å². The number of esters is 1. The van der Waals surface area contributed by atoms with Gasteiger partial charge in [-0.15, -0.1) is 23.4 Å². The standard InChI is InChI=1S/C14H18ClF3N2O3S/c1-4-23-13(22)11(24-5-2)10(21)12-19-7-8(20(12)3)6-9(15)14(16,17)18/h7,9,11H,4-6H2,1-3H3. The summed E-state index contributed by atoms with van der Waals surface area (Å²) in [5, 5.41) is -3.18. The van der Waals surface area contributed by atoms with Crippen LogP contribution in [0.5, 0.6) is 0 Å². The van der Waals surface area contributed by atoms with E-state index in [1.165, 1.54) is 11.6 Å². The first-order chi connectivity index (χ1) is 11.1. The van der Waals surface area contributed by atoms with Crippen LogP contribution < -0.4 is 0 Å². The lowest BCUT2D eigenvalue weighted by atomic mass is 10.2. The maximum absolute atomic E-state index is 12.6. The van der Waals surface area contributed by atoms with E-state index in [1.54, 1.807) is 13.8 Å². The van der Waals surface area contributed by atoms with Gasteiger partial charge in [0.05, 0.1) is 6.61 Å². The first-order valence-corrected chi connectivity index (χ1v) is 8.65. The highest BCUT2D eigenvalue weighted by Crippen LogP contribution is 2.28. The number of nitrogens with zero attached hydrogens (tertiary/aromatic N) is 2. The molecule has 0 saturated heterocycles. The maximum Gasteiger partial charge on any atom is 0.405 e. The van der Waals surface area contributed by atoms with E-state index in [2.05, 4.69) is 4.98 Å². The van der Waals surface area contributed by atoms with Gasteiger partial charge in [-0.1, -0.05) is 6.92 Å². The fourth-order valence-electron chi connectivity index (χ4n) is 1.92. The second-order valence-electron chi connectivity index (χ2n) is 4.80. The van der Waals surface area contributed by atoms with Gasteiger partial charge < -0.3 is 9.30 Å². The molecule has 0 spiro atoms. The van der Waals surface area contributed by atoms with Crippen LogP contribution in [-0.2, 0) is 23.0 Å². The molecule has 1 heterocycles. The average molecular weight is 387 g/mol. The van der Waals surface area contributed by atoms with Gasteiger partial charge in [0.15, 0.2) is 11.1 Å². The predicted molar refractivity (Wildman–Crippen MR) is 85.5 cm³/mol. The van der Waals surface area contributed by atoms with E-state index < -0.39 is 35.0 Å². The Morgan fingerprint density at radius 1 is 1.42 bits per heavy atom. The van der Waals surface area contributed by atoms with E-state index in [1.807, 2.05) is 0 Å². The van der Waals surface area contributed by atoms with Gasteiger partial charge in [0.25, 0.3) is 0 Å². The Morgan fingerprint density at radius 2 is 2.04 bits per heavy atom. The summed E-state index contributed by atoms with van der Waals surface area (Å²) in [5.74, 6) is -0.906. The van der Waals surface area contributed by atoms with Crippen LogP contribution in [-0.4, -0.2) is 50.5 Å². The molecule has 0 aliphatic heterocycles. The summed E-state index contributed by atoms with van der Waals surface area (Å²) in [7, 11) is 1.41. The molecule has 0 fully saturated rings. The molecule has 0 bridgehead atoms. The lowest BCUT2D eigenvalue weighted by Crippen LogP contribution is -2.31. The third kappa shape index (κ3) is 5.14. The van der Waals surface area contributed by atoms with Crippen molar-refractivity contribution in [3.63, 3.8) is 0 Å². The summed E-state index contributed by atoms with van der Waals surface area (Å²) in [5.41, 5.74) is 0.153. The van der Waals surface area contributed by atoms with Crippen LogP contribution in [0.2, 0.25) is 0 Å². The number of carbonyl (C=O) groups excluding carboxylic acids is 2. The Labute approximate surface area is 146 Å². The average Bonchev–Trinajstić information content (AvgIpc) is 2.84. The largest absolute Gasteiger partial charge is 0.465 e. The minimum absolute atomic E-state index is 0.102. The molecular weight excluding hydrogens is 369 g/mol. The van der Waals surface area contributed by atoms with Gasteiger partial charge >= 0.3 is 12.1 Å². The smallest absolute Gasteiger partial charge is 0.405 e. The SMILES string of the molecule is CCOC(=O)C(SCC)C(=O)c1ncc(CC(Cl)C(F)(F)F)n1C. The van der Waals surface area contributed by atoms with Crippen LogP contribution in [0.15, 0.2) is 6.20 Å². The Morgan fingerprint density at radius 3 is 2.54 bits per heavy atom. The lowest BCUT2D eigenvalue weighted by Gasteiger charge is -2.15. The number of imidazole rings is 1. The van der Waals surface area contributed by atoms with Gasteiger partial charge in [-0.25, -0.2) is 4.98 Å². The number of rotatable bonds is 8. The second kappa shape index (κ2) is 8.75. The van der Waals surface area contributed by atoms with Gasteiger partial charge in [0, 0.05) is 25.4 Å². The number of alkyl halides is 4. The fourth-order valence-corrected chi connectivity index (χ4v) is 2.87. The number of hydrogen-bond donors (Lipinski definition) is 0. The number of carbonyl (C=O) groups is 2. The third-order valence-electron chi connectivity index (χ3n) is 3.12. The molecule has 1 aromatic heterocycles. The highest BCUT2D eigenvalue weighted by Gasteiger charge is 2.39. The number of halogens is 4. The van der Waals surface area contributed by atoms with Gasteiger partial charge in [-0.2, -0.15) is 13.2 Å². The van der Waals surface area contributed by atoms with Gasteiger partial charge in [-0.3, -0.25) is 9.59 Å². The molecule has 0 N–H and O–H groups in total. The summed E-state index contributed by atoms with van der Waals surface area (Å²) >= 11 is 6.41. The summed E-state index contributed by atoms with van der Waals surface area (Å²) < 4.78 is 43.8. The van der Waals surface area contributed by atoms with Crippen molar-refractivity contribution in [1.82, 2.24) is 9.55 Å². The van der Waals surface area contributed by atoms with Crippen molar-refractivity contribution in [2.45, 2.75) is 37.1 Å². The van der Waals surface area contributed by atoms with E-state index in [0.717, 1.165) is 18.0 Å². The van der Waals surface area contributed by atoms with Crippen LogP contribution in [0, 0.1) is 0 Å². The van der Waals surface area contributed by atoms with Crippen LogP contribution in [0.4, 0.5) is 13.2 Å². The van der Waals surface area contributed by atoms with Crippen molar-refractivity contribution in [2.24, 2.45) is 7.05 Å².